The first kappa shape index (κ1) is 21.2. The van der Waals surface area contributed by atoms with Crippen LogP contribution in [0.1, 0.15) is 52.4 Å². The Morgan fingerprint density at radius 3 is 1.00 bits per heavy atom. The molecular formula is C10H27BO5. The second-order valence-electron chi connectivity index (χ2n) is 3.21. The molecule has 16 heavy (non-hydrogen) atoms. The van der Waals surface area contributed by atoms with E-state index in [1.165, 1.54) is 12.8 Å². The van der Waals surface area contributed by atoms with E-state index >= 15 is 0 Å². The number of hydrogen-bond donors (Lipinski definition) is 5. The fourth-order valence-corrected chi connectivity index (χ4v) is 0.724. The average molecular weight is 238 g/mol. The summed E-state index contributed by atoms with van der Waals surface area (Å²) in [5, 5.41) is 37.9. The lowest BCUT2D eigenvalue weighted by atomic mass is 10.3. The largest absolute Gasteiger partial charge is 0.631 e. The highest BCUT2D eigenvalue weighted by Crippen LogP contribution is 1.89. The van der Waals surface area contributed by atoms with E-state index in [1.807, 2.05) is 0 Å². The van der Waals surface area contributed by atoms with Crippen molar-refractivity contribution >= 4 is 7.32 Å². The molecule has 0 atom stereocenters. The molecule has 0 aromatic rings. The Balaban J connectivity index is -0.000000162. The van der Waals surface area contributed by atoms with Crippen LogP contribution in [-0.2, 0) is 0 Å². The molecule has 6 heteroatoms. The van der Waals surface area contributed by atoms with Crippen LogP contribution in [0.25, 0.3) is 0 Å². The van der Waals surface area contributed by atoms with Gasteiger partial charge in [0.25, 0.3) is 0 Å². The van der Waals surface area contributed by atoms with Crippen molar-refractivity contribution < 1.29 is 25.3 Å². The monoisotopic (exact) mass is 238 g/mol. The molecule has 0 fully saturated rings. The van der Waals surface area contributed by atoms with Crippen LogP contribution in [0, 0.1) is 0 Å². The van der Waals surface area contributed by atoms with Crippen molar-refractivity contribution in [2.75, 3.05) is 13.2 Å². The number of aliphatic hydroxyl groups is 2. The van der Waals surface area contributed by atoms with Gasteiger partial charge in [0.2, 0.25) is 0 Å². The van der Waals surface area contributed by atoms with Gasteiger partial charge >= 0.3 is 7.32 Å². The molecule has 0 aliphatic heterocycles. The van der Waals surface area contributed by atoms with Crippen molar-refractivity contribution in [3.8, 4) is 0 Å². The molecule has 0 saturated heterocycles. The molecule has 0 aromatic heterocycles. The van der Waals surface area contributed by atoms with E-state index in [0.29, 0.717) is 13.2 Å². The molecule has 0 unspecified atom stereocenters. The lowest BCUT2D eigenvalue weighted by molar-refractivity contribution is 0.278. The summed E-state index contributed by atoms with van der Waals surface area (Å²) in [4.78, 5) is 0. The Morgan fingerprint density at radius 1 is 0.688 bits per heavy atom. The van der Waals surface area contributed by atoms with Gasteiger partial charge in [-0.3, -0.25) is 0 Å². The Kier molecular flexibility index (Phi) is 32.0. The average Bonchev–Trinajstić information content (AvgIpc) is 2.23. The van der Waals surface area contributed by atoms with E-state index in [-0.39, 0.29) is 0 Å². The van der Waals surface area contributed by atoms with Crippen molar-refractivity contribution in [3.63, 3.8) is 0 Å². The number of unbranched alkanes of at least 4 members (excludes halogenated alkanes) is 4. The molecule has 0 aromatic carbocycles. The summed E-state index contributed by atoms with van der Waals surface area (Å²) in [5.74, 6) is 0. The van der Waals surface area contributed by atoms with E-state index in [1.54, 1.807) is 0 Å². The summed E-state index contributed by atoms with van der Waals surface area (Å²) >= 11 is 0. The van der Waals surface area contributed by atoms with Crippen LogP contribution in [0.5, 0.6) is 0 Å². The van der Waals surface area contributed by atoms with E-state index in [4.69, 9.17) is 25.3 Å². The third-order valence-electron chi connectivity index (χ3n) is 1.52. The Labute approximate surface area is 98.9 Å². The lowest BCUT2D eigenvalue weighted by Gasteiger charge is -1.85. The van der Waals surface area contributed by atoms with Crippen LogP contribution in [0.4, 0.5) is 0 Å². The third-order valence-corrected chi connectivity index (χ3v) is 1.52. The maximum absolute atomic E-state index is 8.20. The molecule has 0 aliphatic carbocycles. The second kappa shape index (κ2) is 24.2. The third kappa shape index (κ3) is 66.7. The van der Waals surface area contributed by atoms with Crippen molar-refractivity contribution in [2.45, 2.75) is 52.4 Å². The highest BCUT2D eigenvalue weighted by atomic mass is 16.5. The van der Waals surface area contributed by atoms with Gasteiger partial charge in [-0.25, -0.2) is 0 Å². The second-order valence-corrected chi connectivity index (χ2v) is 3.21. The normalized spacial score (nSPS) is 8.44. The maximum Gasteiger partial charge on any atom is 0.631 e. The smallest absolute Gasteiger partial charge is 0.402 e. The first-order valence-electron chi connectivity index (χ1n) is 5.82. The zero-order valence-electron chi connectivity index (χ0n) is 10.5. The highest BCUT2D eigenvalue weighted by Gasteiger charge is 1.92. The molecule has 0 radical (unpaired) electrons. The predicted molar refractivity (Wildman–Crippen MR) is 65.6 cm³/mol. The van der Waals surface area contributed by atoms with E-state index in [0.717, 1.165) is 25.7 Å². The van der Waals surface area contributed by atoms with Gasteiger partial charge in [0.15, 0.2) is 0 Å². The lowest BCUT2D eigenvalue weighted by Crippen LogP contribution is -2.07. The molecule has 5 N–H and O–H groups in total. The topological polar surface area (TPSA) is 101 Å². The van der Waals surface area contributed by atoms with Crippen LogP contribution in [0.3, 0.4) is 0 Å². The van der Waals surface area contributed by atoms with Crippen molar-refractivity contribution in [1.29, 1.82) is 0 Å². The summed E-state index contributed by atoms with van der Waals surface area (Å²) in [6, 6.07) is 0. The molecule has 100 valence electrons. The summed E-state index contributed by atoms with van der Waals surface area (Å²) < 4.78 is 0. The fourth-order valence-electron chi connectivity index (χ4n) is 0.724. The SMILES string of the molecule is CCCCCO.CCCCCO.OB(O)O. The molecule has 0 amide bonds. The zero-order chi connectivity index (χ0) is 13.2. The first-order chi connectivity index (χ1) is 7.56. The molecule has 0 spiro atoms. The van der Waals surface area contributed by atoms with Gasteiger partial charge in [0.1, 0.15) is 0 Å². The molecule has 5 nitrogen and oxygen atoms in total. The van der Waals surface area contributed by atoms with Crippen molar-refractivity contribution in [2.24, 2.45) is 0 Å². The summed E-state index contributed by atoms with van der Waals surface area (Å²) in [5.41, 5.74) is 0. The molecule has 0 saturated carbocycles. The van der Waals surface area contributed by atoms with Gasteiger partial charge in [-0.2, -0.15) is 0 Å². The van der Waals surface area contributed by atoms with Crippen LogP contribution >= 0.6 is 0 Å². The van der Waals surface area contributed by atoms with Crippen molar-refractivity contribution in [3.05, 3.63) is 0 Å². The standard InChI is InChI=1S/2C5H12O.BH3O3/c2*1-2-3-4-5-6;2-1(3)4/h2*6H,2-5H2,1H3;2-4H. The Morgan fingerprint density at radius 2 is 0.938 bits per heavy atom. The predicted octanol–water partition coefficient (Wildman–Crippen LogP) is 0.286. The van der Waals surface area contributed by atoms with Crippen LogP contribution in [-0.4, -0.2) is 45.8 Å². The van der Waals surface area contributed by atoms with E-state index < -0.39 is 7.32 Å². The van der Waals surface area contributed by atoms with Crippen molar-refractivity contribution in [1.82, 2.24) is 0 Å². The van der Waals surface area contributed by atoms with E-state index in [9.17, 15) is 0 Å². The van der Waals surface area contributed by atoms with Crippen LogP contribution < -0.4 is 0 Å². The van der Waals surface area contributed by atoms with Crippen LogP contribution in [0.2, 0.25) is 0 Å². The van der Waals surface area contributed by atoms with Gasteiger partial charge in [-0.15, -0.1) is 0 Å². The van der Waals surface area contributed by atoms with Crippen LogP contribution in [0.15, 0.2) is 0 Å². The quantitative estimate of drug-likeness (QED) is 0.338. The summed E-state index contributed by atoms with van der Waals surface area (Å²) in [6.07, 6.45) is 6.65. The molecule has 0 aliphatic rings. The molecular weight excluding hydrogens is 211 g/mol. The number of rotatable bonds is 6. The number of hydrogen-bond acceptors (Lipinski definition) is 5. The van der Waals surface area contributed by atoms with Gasteiger partial charge < -0.3 is 25.3 Å². The molecule has 0 bridgehead atoms. The summed E-state index contributed by atoms with van der Waals surface area (Å²) in [7, 11) is -2.17. The summed E-state index contributed by atoms with van der Waals surface area (Å²) in [6.45, 7) is 4.95. The highest BCUT2D eigenvalue weighted by molar-refractivity contribution is 6.30. The minimum absolute atomic E-state index is 0.355. The minimum Gasteiger partial charge on any atom is -0.402 e. The first-order valence-corrected chi connectivity index (χ1v) is 5.82. The van der Waals surface area contributed by atoms with Gasteiger partial charge in [-0.1, -0.05) is 39.5 Å². The number of aliphatic hydroxyl groups excluding tert-OH is 2. The Hall–Kier alpha value is -0.135. The maximum atomic E-state index is 8.20. The van der Waals surface area contributed by atoms with Gasteiger partial charge in [0.05, 0.1) is 0 Å². The fraction of sp³-hybridized carbons (Fsp3) is 1.00. The zero-order valence-corrected chi connectivity index (χ0v) is 10.5. The minimum atomic E-state index is -2.17. The Bertz CT molecular complexity index is 74.5. The molecule has 0 heterocycles. The van der Waals surface area contributed by atoms with E-state index in [2.05, 4.69) is 13.8 Å². The van der Waals surface area contributed by atoms with Gasteiger partial charge in [-0.05, 0) is 12.8 Å². The molecule has 0 rings (SSSR count). The van der Waals surface area contributed by atoms with Gasteiger partial charge in [0, 0.05) is 13.2 Å².